The summed E-state index contributed by atoms with van der Waals surface area (Å²) in [7, 11) is -2.71. The molecule has 1 N–H and O–H groups in total. The number of benzene rings is 2. The van der Waals surface area contributed by atoms with E-state index in [9.17, 15) is 13.2 Å². The molecule has 23 heavy (non-hydrogen) atoms. The van der Waals surface area contributed by atoms with E-state index in [1.54, 1.807) is 12.1 Å². The molecule has 0 aromatic heterocycles. The first kappa shape index (κ1) is 17.6. The highest BCUT2D eigenvalue weighted by Gasteiger charge is 2.19. The summed E-state index contributed by atoms with van der Waals surface area (Å²) in [4.78, 5) is 11.5. The predicted molar refractivity (Wildman–Crippen MR) is 89.8 cm³/mol. The maximum Gasteiger partial charge on any atom is 0.339 e. The number of sulfonamides is 1. The fraction of sp³-hybridized carbons (Fsp3) is 0.133. The summed E-state index contributed by atoms with van der Waals surface area (Å²) in [5, 5.41) is 0.547. The Bertz CT molecular complexity index is 866. The van der Waals surface area contributed by atoms with E-state index in [0.29, 0.717) is 10.7 Å². The van der Waals surface area contributed by atoms with Gasteiger partial charge >= 0.3 is 5.97 Å². The molecule has 2 aromatic carbocycles. The number of methoxy groups -OCH3 is 1. The lowest BCUT2D eigenvalue weighted by molar-refractivity contribution is 0.0600. The van der Waals surface area contributed by atoms with Crippen LogP contribution in [0.4, 0.5) is 5.69 Å². The van der Waals surface area contributed by atoms with Gasteiger partial charge in [0.1, 0.15) is 0 Å². The standard InChI is InChI=1S/C15H13Cl2NO4S/c1-9-3-4-10(7-14(9)17)18-23(20,21)11-5-6-13(16)12(8-11)15(19)22-2/h3-8,18H,1-2H3. The Labute approximate surface area is 144 Å². The quantitative estimate of drug-likeness (QED) is 0.825. The molecule has 0 unspecified atom stereocenters. The summed E-state index contributed by atoms with van der Waals surface area (Å²) < 4.78 is 31.8. The van der Waals surface area contributed by atoms with E-state index in [1.165, 1.54) is 25.3 Å². The average Bonchev–Trinajstić information content (AvgIpc) is 2.50. The highest BCUT2D eigenvalue weighted by molar-refractivity contribution is 7.92. The Hall–Kier alpha value is -1.76. The smallest absolute Gasteiger partial charge is 0.339 e. The van der Waals surface area contributed by atoms with Crippen molar-refractivity contribution in [3.63, 3.8) is 0 Å². The van der Waals surface area contributed by atoms with E-state index < -0.39 is 16.0 Å². The number of hydrogen-bond donors (Lipinski definition) is 1. The van der Waals surface area contributed by atoms with Crippen LogP contribution in [0.1, 0.15) is 15.9 Å². The summed E-state index contributed by atoms with van der Waals surface area (Å²) in [5.74, 6) is -0.717. The van der Waals surface area contributed by atoms with Gasteiger partial charge < -0.3 is 4.74 Å². The van der Waals surface area contributed by atoms with Gasteiger partial charge in [0.25, 0.3) is 10.0 Å². The van der Waals surface area contributed by atoms with Crippen LogP contribution in [0.2, 0.25) is 10.0 Å². The maximum absolute atomic E-state index is 12.4. The first-order chi connectivity index (χ1) is 10.7. The third-order valence-corrected chi connectivity index (χ3v) is 5.19. The van der Waals surface area contributed by atoms with Gasteiger partial charge in [0.2, 0.25) is 0 Å². The molecule has 0 saturated heterocycles. The van der Waals surface area contributed by atoms with Crippen molar-refractivity contribution < 1.29 is 17.9 Å². The molecule has 2 aromatic rings. The summed E-state index contributed by atoms with van der Waals surface area (Å²) in [6, 6.07) is 8.58. The molecule has 122 valence electrons. The lowest BCUT2D eigenvalue weighted by Crippen LogP contribution is -2.14. The molecule has 0 atom stereocenters. The number of carbonyl (C=O) groups excluding carboxylic acids is 1. The third-order valence-electron chi connectivity index (χ3n) is 3.08. The number of esters is 1. The van der Waals surface area contributed by atoms with E-state index >= 15 is 0 Å². The number of aryl methyl sites for hydroxylation is 1. The SMILES string of the molecule is COC(=O)c1cc(S(=O)(=O)Nc2ccc(C)c(Cl)c2)ccc1Cl. The molecule has 2 rings (SSSR count). The number of halogens is 2. The van der Waals surface area contributed by atoms with Crippen LogP contribution in [0.5, 0.6) is 0 Å². The fourth-order valence-electron chi connectivity index (χ4n) is 1.81. The summed E-state index contributed by atoms with van der Waals surface area (Å²) >= 11 is 11.9. The van der Waals surface area contributed by atoms with Gasteiger partial charge in [0, 0.05) is 5.02 Å². The molecule has 5 nitrogen and oxygen atoms in total. The van der Waals surface area contributed by atoms with Gasteiger partial charge in [-0.2, -0.15) is 0 Å². The van der Waals surface area contributed by atoms with Crippen molar-refractivity contribution in [3.05, 3.63) is 57.6 Å². The summed E-state index contributed by atoms with van der Waals surface area (Å²) in [6.07, 6.45) is 0. The predicted octanol–water partition coefficient (Wildman–Crippen LogP) is 3.89. The molecule has 0 spiro atoms. The van der Waals surface area contributed by atoms with Gasteiger partial charge in [0.15, 0.2) is 0 Å². The van der Waals surface area contributed by atoms with E-state index in [2.05, 4.69) is 9.46 Å². The highest BCUT2D eigenvalue weighted by Crippen LogP contribution is 2.25. The molecule has 0 heterocycles. The lowest BCUT2D eigenvalue weighted by Gasteiger charge is -2.11. The molecule has 8 heteroatoms. The fourth-order valence-corrected chi connectivity index (χ4v) is 3.26. The number of hydrogen-bond acceptors (Lipinski definition) is 4. The number of rotatable bonds is 4. The minimum absolute atomic E-state index is 0.0287. The summed E-state index contributed by atoms with van der Waals surface area (Å²) in [5.41, 5.74) is 1.11. The minimum atomic E-state index is -3.90. The number of nitrogens with one attached hydrogen (secondary N) is 1. The Balaban J connectivity index is 2.39. The first-order valence-corrected chi connectivity index (χ1v) is 8.65. The summed E-state index contributed by atoms with van der Waals surface area (Å²) in [6.45, 7) is 1.81. The van der Waals surface area contributed by atoms with Crippen LogP contribution >= 0.6 is 23.2 Å². The Morgan fingerprint density at radius 1 is 1.09 bits per heavy atom. The zero-order valence-corrected chi connectivity index (χ0v) is 14.6. The largest absolute Gasteiger partial charge is 0.465 e. The van der Waals surface area contributed by atoms with Crippen LogP contribution in [-0.4, -0.2) is 21.5 Å². The van der Waals surface area contributed by atoms with Crippen molar-refractivity contribution in [1.29, 1.82) is 0 Å². The van der Waals surface area contributed by atoms with Gasteiger partial charge in [-0.3, -0.25) is 4.72 Å². The molecular weight excluding hydrogens is 361 g/mol. The van der Waals surface area contributed by atoms with Crippen LogP contribution in [-0.2, 0) is 14.8 Å². The number of ether oxygens (including phenoxy) is 1. The van der Waals surface area contributed by atoms with Crippen molar-refractivity contribution in [3.8, 4) is 0 Å². The second-order valence-electron chi connectivity index (χ2n) is 4.70. The zero-order chi connectivity index (χ0) is 17.2. The van der Waals surface area contributed by atoms with Gasteiger partial charge in [-0.1, -0.05) is 29.3 Å². The van der Waals surface area contributed by atoms with E-state index in [4.69, 9.17) is 23.2 Å². The van der Waals surface area contributed by atoms with Crippen molar-refractivity contribution in [2.75, 3.05) is 11.8 Å². The van der Waals surface area contributed by atoms with Gasteiger partial charge in [-0.25, -0.2) is 13.2 Å². The maximum atomic E-state index is 12.4. The van der Waals surface area contributed by atoms with E-state index in [0.717, 1.165) is 11.6 Å². The molecule has 0 aliphatic heterocycles. The minimum Gasteiger partial charge on any atom is -0.465 e. The van der Waals surface area contributed by atoms with Gasteiger partial charge in [-0.15, -0.1) is 0 Å². The number of anilines is 1. The Kier molecular flexibility index (Phi) is 5.19. The highest BCUT2D eigenvalue weighted by atomic mass is 35.5. The normalized spacial score (nSPS) is 11.1. The van der Waals surface area contributed by atoms with Gasteiger partial charge in [-0.05, 0) is 42.8 Å². The average molecular weight is 374 g/mol. The zero-order valence-electron chi connectivity index (χ0n) is 12.3. The molecule has 0 aliphatic carbocycles. The van der Waals surface area contributed by atoms with Crippen molar-refractivity contribution >= 4 is 44.9 Å². The third kappa shape index (κ3) is 3.96. The second-order valence-corrected chi connectivity index (χ2v) is 7.20. The van der Waals surface area contributed by atoms with Crippen LogP contribution in [0.3, 0.4) is 0 Å². The molecule has 0 amide bonds. The molecule has 0 bridgehead atoms. The Morgan fingerprint density at radius 3 is 2.39 bits per heavy atom. The van der Waals surface area contributed by atoms with Crippen molar-refractivity contribution in [1.82, 2.24) is 0 Å². The molecule has 0 saturated carbocycles. The lowest BCUT2D eigenvalue weighted by atomic mass is 10.2. The monoisotopic (exact) mass is 373 g/mol. The number of carbonyl (C=O) groups is 1. The van der Waals surface area contributed by atoms with Crippen LogP contribution < -0.4 is 4.72 Å². The molecular formula is C15H13Cl2NO4S. The molecule has 0 radical (unpaired) electrons. The first-order valence-electron chi connectivity index (χ1n) is 6.41. The van der Waals surface area contributed by atoms with Crippen LogP contribution in [0, 0.1) is 6.92 Å². The van der Waals surface area contributed by atoms with Crippen molar-refractivity contribution in [2.45, 2.75) is 11.8 Å². The second kappa shape index (κ2) is 6.78. The van der Waals surface area contributed by atoms with E-state index in [-0.39, 0.29) is 15.5 Å². The van der Waals surface area contributed by atoms with E-state index in [1.807, 2.05) is 6.92 Å². The van der Waals surface area contributed by atoms with Crippen molar-refractivity contribution in [2.24, 2.45) is 0 Å². The van der Waals surface area contributed by atoms with Gasteiger partial charge in [0.05, 0.1) is 28.3 Å². The molecule has 0 fully saturated rings. The topological polar surface area (TPSA) is 72.5 Å². The van der Waals surface area contributed by atoms with Crippen LogP contribution in [0.25, 0.3) is 0 Å². The molecule has 0 aliphatic rings. The van der Waals surface area contributed by atoms with Crippen LogP contribution in [0.15, 0.2) is 41.3 Å². The Morgan fingerprint density at radius 2 is 1.78 bits per heavy atom.